The van der Waals surface area contributed by atoms with Crippen molar-refractivity contribution in [3.63, 3.8) is 0 Å². The average molecular weight is 301 g/mol. The standard InChI is InChI=1S/C16H23N5O/c1-5-9-19(10-6-2)15(22)8-11-21-16-13(4)18-20(7-3)14(16)12-17-21/h5-6,12H,1-2,7-11H2,3-4H3. The number of carbonyl (C=O) groups is 1. The highest BCUT2D eigenvalue weighted by Crippen LogP contribution is 2.18. The summed E-state index contributed by atoms with van der Waals surface area (Å²) in [5.41, 5.74) is 2.96. The molecule has 22 heavy (non-hydrogen) atoms. The summed E-state index contributed by atoms with van der Waals surface area (Å²) in [7, 11) is 0. The minimum Gasteiger partial charge on any atom is -0.335 e. The third-order valence-electron chi connectivity index (χ3n) is 3.60. The lowest BCUT2D eigenvalue weighted by atomic mass is 10.3. The molecular formula is C16H23N5O. The van der Waals surface area contributed by atoms with Crippen LogP contribution in [-0.2, 0) is 17.9 Å². The Morgan fingerprint density at radius 3 is 2.59 bits per heavy atom. The van der Waals surface area contributed by atoms with Crippen LogP contribution in [0.25, 0.3) is 11.0 Å². The first-order valence-electron chi connectivity index (χ1n) is 7.50. The molecule has 6 nitrogen and oxygen atoms in total. The smallest absolute Gasteiger partial charge is 0.224 e. The molecular weight excluding hydrogens is 278 g/mol. The van der Waals surface area contributed by atoms with Gasteiger partial charge in [-0.2, -0.15) is 10.2 Å². The molecule has 0 atom stereocenters. The molecule has 0 unspecified atom stereocenters. The van der Waals surface area contributed by atoms with Gasteiger partial charge in [0.15, 0.2) is 0 Å². The number of fused-ring (bicyclic) bond motifs is 1. The highest BCUT2D eigenvalue weighted by Gasteiger charge is 2.15. The Morgan fingerprint density at radius 1 is 1.32 bits per heavy atom. The molecule has 0 aliphatic rings. The van der Waals surface area contributed by atoms with Crippen LogP contribution in [0.15, 0.2) is 31.5 Å². The Morgan fingerprint density at radius 2 is 2.00 bits per heavy atom. The highest BCUT2D eigenvalue weighted by atomic mass is 16.2. The molecule has 2 aromatic heterocycles. The van der Waals surface area contributed by atoms with Crippen LogP contribution in [0, 0.1) is 6.92 Å². The molecule has 0 radical (unpaired) electrons. The second-order valence-electron chi connectivity index (χ2n) is 5.13. The van der Waals surface area contributed by atoms with Crippen molar-refractivity contribution < 1.29 is 4.79 Å². The third-order valence-corrected chi connectivity index (χ3v) is 3.60. The van der Waals surface area contributed by atoms with Crippen molar-refractivity contribution in [2.24, 2.45) is 0 Å². The predicted molar refractivity (Wildman–Crippen MR) is 87.5 cm³/mol. The number of nitrogens with zero attached hydrogens (tertiary/aromatic N) is 5. The summed E-state index contributed by atoms with van der Waals surface area (Å²) in [6.07, 6.45) is 5.66. The Bertz CT molecular complexity index is 672. The van der Waals surface area contributed by atoms with E-state index in [1.165, 1.54) is 0 Å². The molecule has 2 heterocycles. The first kappa shape index (κ1) is 16.0. The second-order valence-corrected chi connectivity index (χ2v) is 5.13. The Hall–Kier alpha value is -2.37. The lowest BCUT2D eigenvalue weighted by Crippen LogP contribution is -2.32. The number of carbonyl (C=O) groups excluding carboxylic acids is 1. The maximum absolute atomic E-state index is 12.3. The van der Waals surface area contributed by atoms with Crippen LogP contribution < -0.4 is 0 Å². The molecule has 2 aromatic rings. The van der Waals surface area contributed by atoms with Crippen LogP contribution >= 0.6 is 0 Å². The van der Waals surface area contributed by atoms with Crippen molar-refractivity contribution in [1.82, 2.24) is 24.5 Å². The van der Waals surface area contributed by atoms with E-state index in [-0.39, 0.29) is 5.91 Å². The van der Waals surface area contributed by atoms with Crippen LogP contribution in [-0.4, -0.2) is 43.5 Å². The molecule has 0 aromatic carbocycles. The van der Waals surface area contributed by atoms with Crippen molar-refractivity contribution in [1.29, 1.82) is 0 Å². The van der Waals surface area contributed by atoms with Crippen molar-refractivity contribution in [3.8, 4) is 0 Å². The molecule has 6 heteroatoms. The molecule has 0 N–H and O–H groups in total. The van der Waals surface area contributed by atoms with Gasteiger partial charge in [0.1, 0.15) is 11.0 Å². The summed E-state index contributed by atoms with van der Waals surface area (Å²) in [4.78, 5) is 14.0. The summed E-state index contributed by atoms with van der Waals surface area (Å²) in [5, 5.41) is 8.88. The fraction of sp³-hybridized carbons (Fsp3) is 0.438. The largest absolute Gasteiger partial charge is 0.335 e. The van der Waals surface area contributed by atoms with Crippen LogP contribution in [0.4, 0.5) is 0 Å². The van der Waals surface area contributed by atoms with Crippen LogP contribution in [0.5, 0.6) is 0 Å². The molecule has 118 valence electrons. The molecule has 0 spiro atoms. The lowest BCUT2D eigenvalue weighted by molar-refractivity contribution is -0.130. The molecule has 0 saturated carbocycles. The van der Waals surface area contributed by atoms with Crippen LogP contribution in [0.1, 0.15) is 19.0 Å². The monoisotopic (exact) mass is 301 g/mol. The summed E-state index contributed by atoms with van der Waals surface area (Å²) in [6, 6.07) is 0. The summed E-state index contributed by atoms with van der Waals surface area (Å²) >= 11 is 0. The average Bonchev–Trinajstić information content (AvgIpc) is 3.06. The molecule has 0 aliphatic heterocycles. The van der Waals surface area contributed by atoms with Gasteiger partial charge in [0.05, 0.1) is 18.4 Å². The Kier molecular flexibility index (Phi) is 5.14. The topological polar surface area (TPSA) is 56.0 Å². The lowest BCUT2D eigenvalue weighted by Gasteiger charge is -2.19. The molecule has 0 aliphatic carbocycles. The van der Waals surface area contributed by atoms with Crippen LogP contribution in [0.2, 0.25) is 0 Å². The molecule has 0 fully saturated rings. The zero-order valence-corrected chi connectivity index (χ0v) is 13.3. The minimum atomic E-state index is 0.0731. The van der Waals surface area contributed by atoms with E-state index < -0.39 is 0 Å². The van der Waals surface area contributed by atoms with E-state index >= 15 is 0 Å². The van der Waals surface area contributed by atoms with Gasteiger partial charge in [0, 0.05) is 26.1 Å². The molecule has 0 saturated heterocycles. The van der Waals surface area contributed by atoms with Gasteiger partial charge in [0.2, 0.25) is 5.91 Å². The van der Waals surface area contributed by atoms with Gasteiger partial charge >= 0.3 is 0 Å². The third kappa shape index (κ3) is 3.10. The van der Waals surface area contributed by atoms with E-state index in [1.807, 2.05) is 22.5 Å². The molecule has 1 amide bonds. The van der Waals surface area contributed by atoms with Crippen molar-refractivity contribution in [3.05, 3.63) is 37.2 Å². The highest BCUT2D eigenvalue weighted by molar-refractivity contribution is 5.79. The summed E-state index contributed by atoms with van der Waals surface area (Å²) < 4.78 is 3.79. The van der Waals surface area contributed by atoms with Gasteiger partial charge in [-0.3, -0.25) is 14.2 Å². The van der Waals surface area contributed by atoms with Crippen molar-refractivity contribution in [2.75, 3.05) is 13.1 Å². The minimum absolute atomic E-state index is 0.0731. The van der Waals surface area contributed by atoms with E-state index in [4.69, 9.17) is 0 Å². The van der Waals surface area contributed by atoms with E-state index in [1.54, 1.807) is 17.1 Å². The van der Waals surface area contributed by atoms with Gasteiger partial charge in [0.25, 0.3) is 0 Å². The second kappa shape index (κ2) is 7.06. The number of hydrogen-bond donors (Lipinski definition) is 0. The van der Waals surface area contributed by atoms with Gasteiger partial charge < -0.3 is 4.90 Å². The normalized spacial score (nSPS) is 10.8. The zero-order valence-electron chi connectivity index (χ0n) is 13.3. The summed E-state index contributed by atoms with van der Waals surface area (Å²) in [5.74, 6) is 0.0731. The predicted octanol–water partition coefficient (Wildman–Crippen LogP) is 2.15. The molecule has 2 rings (SSSR count). The Labute approximate surface area is 130 Å². The van der Waals surface area contributed by atoms with E-state index in [2.05, 4.69) is 30.3 Å². The maximum Gasteiger partial charge on any atom is 0.224 e. The van der Waals surface area contributed by atoms with Gasteiger partial charge in [-0.1, -0.05) is 12.2 Å². The first-order chi connectivity index (χ1) is 10.6. The SMILES string of the molecule is C=CCN(CC=C)C(=O)CCn1ncc2c1c(C)nn2CC. The summed E-state index contributed by atoms with van der Waals surface area (Å²) in [6.45, 7) is 13.8. The van der Waals surface area contributed by atoms with Gasteiger partial charge in [-0.15, -0.1) is 13.2 Å². The van der Waals surface area contributed by atoms with Crippen LogP contribution in [0.3, 0.4) is 0 Å². The number of amides is 1. The van der Waals surface area contributed by atoms with E-state index in [9.17, 15) is 4.79 Å². The van der Waals surface area contributed by atoms with Gasteiger partial charge in [-0.25, -0.2) is 0 Å². The number of hydrogen-bond acceptors (Lipinski definition) is 3. The van der Waals surface area contributed by atoms with E-state index in [0.717, 1.165) is 23.3 Å². The fourth-order valence-electron chi connectivity index (χ4n) is 2.58. The van der Waals surface area contributed by atoms with Crippen molar-refractivity contribution >= 4 is 16.9 Å². The number of aromatic nitrogens is 4. The Balaban J connectivity index is 2.11. The fourth-order valence-corrected chi connectivity index (χ4v) is 2.58. The zero-order chi connectivity index (χ0) is 16.1. The first-order valence-corrected chi connectivity index (χ1v) is 7.50. The van der Waals surface area contributed by atoms with E-state index in [0.29, 0.717) is 26.1 Å². The van der Waals surface area contributed by atoms with Crippen molar-refractivity contribution in [2.45, 2.75) is 33.4 Å². The maximum atomic E-state index is 12.3. The number of rotatable bonds is 8. The van der Waals surface area contributed by atoms with Gasteiger partial charge in [-0.05, 0) is 13.8 Å². The number of aryl methyl sites for hydroxylation is 3. The molecule has 0 bridgehead atoms. The quantitative estimate of drug-likeness (QED) is 0.702.